The number of oxime groups is 1. The van der Waals surface area contributed by atoms with E-state index in [1.165, 1.54) is 25.4 Å². The van der Waals surface area contributed by atoms with Crippen LogP contribution in [0.3, 0.4) is 0 Å². The van der Waals surface area contributed by atoms with Crippen LogP contribution in [0, 0.1) is 10.1 Å². The molecule has 0 unspecified atom stereocenters. The van der Waals surface area contributed by atoms with Crippen LogP contribution in [0.1, 0.15) is 18.7 Å². The van der Waals surface area contributed by atoms with Gasteiger partial charge in [0.2, 0.25) is 0 Å². The van der Waals surface area contributed by atoms with E-state index in [0.29, 0.717) is 11.0 Å². The van der Waals surface area contributed by atoms with Crippen LogP contribution in [-0.2, 0) is 11.4 Å². The molecule has 0 spiro atoms. The molecule has 0 aliphatic heterocycles. The van der Waals surface area contributed by atoms with Crippen LogP contribution in [-0.4, -0.2) is 53.4 Å². The lowest BCUT2D eigenvalue weighted by atomic mass is 10.2. The van der Waals surface area contributed by atoms with Gasteiger partial charge >= 0.3 is 6.09 Å². The van der Waals surface area contributed by atoms with Crippen LogP contribution in [0.5, 0.6) is 0 Å². The number of halogens is 1. The number of rotatable bonds is 6. The fraction of sp³-hybridized carbons (Fsp3) is 0.538. The predicted molar refractivity (Wildman–Crippen MR) is 109 cm³/mol. The molecule has 1 aromatic rings. The minimum atomic E-state index is -0.779. The van der Waals surface area contributed by atoms with Crippen LogP contribution in [0.4, 0.5) is 4.79 Å². The van der Waals surface area contributed by atoms with E-state index in [1.807, 2.05) is 20.1 Å². The number of nitrogens with zero attached hydrogens (tertiary/aromatic N) is 4. The second-order valence-corrected chi connectivity index (χ2v) is 8.20. The van der Waals surface area contributed by atoms with E-state index in [0.717, 1.165) is 4.88 Å². The number of carbonyl (C=O) groups excluding carboxylic acids is 1. The standard InChI is InChI=1S/C7H14N2O2S.C6H8ClN5O2S/c1-7(2,12-4)5-9-11-6(10)8-3;1-8-6(11-12(13)14)10-3-4-2-9-5(7)15-4/h5H,1-4H3,(H,8,10);2H,3H2,1H3,(H2,8,10,11)/b9-5+;. The summed E-state index contributed by atoms with van der Waals surface area (Å²) in [6.45, 7) is 4.35. The summed E-state index contributed by atoms with van der Waals surface area (Å²) in [5.74, 6) is 0.0875. The number of amides is 1. The molecular weight excluding hydrogens is 418 g/mol. The lowest BCUT2D eigenvalue weighted by molar-refractivity contribution is -0.485. The van der Waals surface area contributed by atoms with Gasteiger partial charge in [-0.2, -0.15) is 11.8 Å². The number of nitrogens with one attached hydrogen (secondary N) is 3. The Morgan fingerprint density at radius 1 is 1.52 bits per heavy atom. The number of aromatic nitrogens is 1. The van der Waals surface area contributed by atoms with Crippen molar-refractivity contribution in [2.24, 2.45) is 10.3 Å². The lowest BCUT2D eigenvalue weighted by Crippen LogP contribution is -2.34. The Labute approximate surface area is 170 Å². The first-order valence-corrected chi connectivity index (χ1v) is 9.78. The average Bonchev–Trinajstić information content (AvgIpc) is 3.03. The van der Waals surface area contributed by atoms with Crippen molar-refractivity contribution in [2.45, 2.75) is 25.1 Å². The quantitative estimate of drug-likeness (QED) is 0.201. The third kappa shape index (κ3) is 12.8. The highest BCUT2D eigenvalue weighted by molar-refractivity contribution is 8.00. The van der Waals surface area contributed by atoms with Crippen LogP contribution in [0.15, 0.2) is 16.5 Å². The summed E-state index contributed by atoms with van der Waals surface area (Å²) in [6, 6.07) is 0. The van der Waals surface area contributed by atoms with Crippen LogP contribution < -0.4 is 16.0 Å². The monoisotopic (exact) mass is 439 g/mol. The zero-order chi connectivity index (χ0) is 20.9. The summed E-state index contributed by atoms with van der Waals surface area (Å²) < 4.78 is 0.331. The molecule has 0 saturated heterocycles. The van der Waals surface area contributed by atoms with Gasteiger partial charge in [-0.1, -0.05) is 16.8 Å². The zero-order valence-electron chi connectivity index (χ0n) is 15.5. The Hall–Kier alpha value is -2.12. The van der Waals surface area contributed by atoms with Gasteiger partial charge in [-0.25, -0.2) is 19.9 Å². The van der Waals surface area contributed by atoms with Crippen molar-refractivity contribution >= 4 is 53.0 Å². The van der Waals surface area contributed by atoms with Crippen molar-refractivity contribution in [3.8, 4) is 0 Å². The lowest BCUT2D eigenvalue weighted by Gasteiger charge is -2.13. The van der Waals surface area contributed by atoms with Gasteiger partial charge in [0.25, 0.3) is 5.96 Å². The van der Waals surface area contributed by atoms with E-state index in [-0.39, 0.29) is 10.7 Å². The number of hydrogen-bond donors (Lipinski definition) is 3. The molecule has 152 valence electrons. The number of hydrogen-bond acceptors (Lipinski definition) is 8. The van der Waals surface area contributed by atoms with Crippen molar-refractivity contribution in [1.29, 1.82) is 0 Å². The summed E-state index contributed by atoms with van der Waals surface area (Å²) in [5, 5.41) is 23.5. The number of nitro groups is 1. The Morgan fingerprint density at radius 3 is 2.63 bits per heavy atom. The molecule has 11 nitrogen and oxygen atoms in total. The molecule has 0 fully saturated rings. The average molecular weight is 440 g/mol. The topological polar surface area (TPSA) is 143 Å². The third-order valence-electron chi connectivity index (χ3n) is 2.60. The normalized spacial score (nSPS) is 11.4. The molecule has 1 heterocycles. The molecule has 0 aliphatic carbocycles. The van der Waals surface area contributed by atoms with Crippen molar-refractivity contribution in [3.63, 3.8) is 0 Å². The molecule has 1 rings (SSSR count). The van der Waals surface area contributed by atoms with E-state index >= 15 is 0 Å². The first-order chi connectivity index (χ1) is 12.6. The van der Waals surface area contributed by atoms with Gasteiger partial charge in [0.05, 0.1) is 12.8 Å². The van der Waals surface area contributed by atoms with E-state index in [2.05, 4.69) is 36.0 Å². The SMILES string of the molecule is CN/C(=N\[N+](=O)[O-])NCc1cnc(Cl)s1.CNC(=O)O/N=C/C(C)(C)SC. The van der Waals surface area contributed by atoms with Gasteiger partial charge in [-0.3, -0.25) is 4.84 Å². The molecular formula is C13H22ClN7O4S2. The van der Waals surface area contributed by atoms with Gasteiger partial charge in [0.15, 0.2) is 9.50 Å². The van der Waals surface area contributed by atoms with Gasteiger partial charge in [-0.05, 0) is 20.1 Å². The first kappa shape index (κ1) is 24.9. The van der Waals surface area contributed by atoms with E-state index in [1.54, 1.807) is 24.2 Å². The highest BCUT2D eigenvalue weighted by Crippen LogP contribution is 2.18. The van der Waals surface area contributed by atoms with Gasteiger partial charge in [-0.15, -0.1) is 11.3 Å². The molecule has 3 N–H and O–H groups in total. The second kappa shape index (κ2) is 13.1. The molecule has 1 amide bonds. The molecule has 0 saturated carbocycles. The van der Waals surface area contributed by atoms with Gasteiger partial charge < -0.3 is 16.0 Å². The minimum absolute atomic E-state index is 0.0875. The molecule has 0 aliphatic rings. The smallest absolute Gasteiger partial charge is 0.354 e. The Balaban J connectivity index is 0.000000516. The Kier molecular flexibility index (Phi) is 12.1. The molecule has 0 radical (unpaired) electrons. The fourth-order valence-electron chi connectivity index (χ4n) is 1.09. The number of thiazole rings is 1. The molecule has 14 heteroatoms. The molecule has 0 atom stereocenters. The maximum Gasteiger partial charge on any atom is 0.433 e. The summed E-state index contributed by atoms with van der Waals surface area (Å²) in [6.07, 6.45) is 4.60. The molecule has 0 bridgehead atoms. The fourth-order valence-corrected chi connectivity index (χ4v) is 2.16. The van der Waals surface area contributed by atoms with E-state index < -0.39 is 11.1 Å². The highest BCUT2D eigenvalue weighted by atomic mass is 35.5. The zero-order valence-corrected chi connectivity index (χ0v) is 17.9. The largest absolute Gasteiger partial charge is 0.433 e. The maximum absolute atomic E-state index is 10.5. The summed E-state index contributed by atoms with van der Waals surface area (Å²) in [7, 11) is 3.02. The number of hydrazone groups is 1. The number of guanidine groups is 1. The van der Waals surface area contributed by atoms with Crippen molar-refractivity contribution in [1.82, 2.24) is 20.9 Å². The van der Waals surface area contributed by atoms with Crippen molar-refractivity contribution in [2.75, 3.05) is 20.4 Å². The van der Waals surface area contributed by atoms with E-state index in [4.69, 9.17) is 11.6 Å². The Morgan fingerprint density at radius 2 is 2.19 bits per heavy atom. The van der Waals surface area contributed by atoms with Gasteiger partial charge in [0.1, 0.15) is 5.10 Å². The van der Waals surface area contributed by atoms with Gasteiger partial charge in [0, 0.05) is 29.9 Å². The van der Waals surface area contributed by atoms with E-state index in [9.17, 15) is 14.9 Å². The molecule has 0 aromatic carbocycles. The first-order valence-electron chi connectivity index (χ1n) is 7.36. The second-order valence-electron chi connectivity index (χ2n) is 5.04. The Bertz CT molecular complexity index is 667. The molecule has 1 aromatic heterocycles. The third-order valence-corrected chi connectivity index (χ3v) is 4.88. The summed E-state index contributed by atoms with van der Waals surface area (Å²) in [5.41, 5.74) is 0. The maximum atomic E-state index is 10.5. The van der Waals surface area contributed by atoms with Crippen LogP contribution in [0.2, 0.25) is 4.47 Å². The van der Waals surface area contributed by atoms with Crippen molar-refractivity contribution < 1.29 is 14.7 Å². The highest BCUT2D eigenvalue weighted by Gasteiger charge is 2.12. The van der Waals surface area contributed by atoms with Crippen LogP contribution >= 0.6 is 34.7 Å². The number of thioether (sulfide) groups is 1. The summed E-state index contributed by atoms with van der Waals surface area (Å²) in [4.78, 5) is 29.8. The predicted octanol–water partition coefficient (Wildman–Crippen LogP) is 2.12. The molecule has 27 heavy (non-hydrogen) atoms. The minimum Gasteiger partial charge on any atom is -0.354 e. The van der Waals surface area contributed by atoms with Crippen LogP contribution in [0.25, 0.3) is 0 Å². The number of carbonyl (C=O) groups is 1. The summed E-state index contributed by atoms with van der Waals surface area (Å²) >= 11 is 8.54. The van der Waals surface area contributed by atoms with Crippen molar-refractivity contribution in [3.05, 3.63) is 25.7 Å².